The molecule has 0 heterocycles. The van der Waals surface area contributed by atoms with Crippen molar-refractivity contribution in [1.82, 2.24) is 4.90 Å². The Kier molecular flexibility index (Phi) is 3.57. The Morgan fingerprint density at radius 1 is 1.38 bits per heavy atom. The van der Waals surface area contributed by atoms with E-state index in [1.807, 2.05) is 30.3 Å². The minimum atomic E-state index is 0.558. The molecule has 86 valence electrons. The van der Waals surface area contributed by atoms with E-state index in [-0.39, 0.29) is 0 Å². The second-order valence-electron chi connectivity index (χ2n) is 4.13. The molecular formula is C13H18N2O. The Bertz CT molecular complexity index is 346. The molecule has 3 heteroatoms. The lowest BCUT2D eigenvalue weighted by Crippen LogP contribution is -2.35. The summed E-state index contributed by atoms with van der Waals surface area (Å²) < 4.78 is 5.10. The fourth-order valence-electron chi connectivity index (χ4n) is 1.81. The Morgan fingerprint density at radius 3 is 2.62 bits per heavy atom. The molecular weight excluding hydrogens is 200 g/mol. The van der Waals surface area contributed by atoms with Crippen molar-refractivity contribution in [3.05, 3.63) is 35.9 Å². The average Bonchev–Trinajstić information content (AvgIpc) is 3.15. The van der Waals surface area contributed by atoms with Gasteiger partial charge < -0.3 is 9.64 Å². The second-order valence-corrected chi connectivity index (χ2v) is 4.13. The van der Waals surface area contributed by atoms with E-state index in [0.717, 1.165) is 12.1 Å². The summed E-state index contributed by atoms with van der Waals surface area (Å²) in [7, 11) is 1.71. The highest BCUT2D eigenvalue weighted by Crippen LogP contribution is 2.27. The molecule has 0 aliphatic heterocycles. The number of hydrogen-bond donors (Lipinski definition) is 1. The molecule has 1 aliphatic rings. The maximum absolute atomic E-state index is 8.21. The zero-order valence-corrected chi connectivity index (χ0v) is 9.65. The molecule has 0 unspecified atom stereocenters. The third-order valence-electron chi connectivity index (χ3n) is 2.86. The van der Waals surface area contributed by atoms with E-state index >= 15 is 0 Å². The van der Waals surface area contributed by atoms with Crippen LogP contribution in [0, 0.1) is 5.41 Å². The number of ether oxygens (including phenoxy) is 1. The highest BCUT2D eigenvalue weighted by molar-refractivity contribution is 5.96. The van der Waals surface area contributed by atoms with Gasteiger partial charge in [-0.3, -0.25) is 5.41 Å². The van der Waals surface area contributed by atoms with E-state index in [1.165, 1.54) is 12.8 Å². The molecule has 0 radical (unpaired) electrons. The third kappa shape index (κ3) is 2.61. The van der Waals surface area contributed by atoms with Crippen molar-refractivity contribution < 1.29 is 4.74 Å². The summed E-state index contributed by atoms with van der Waals surface area (Å²) in [4.78, 5) is 2.15. The summed E-state index contributed by atoms with van der Waals surface area (Å²) in [5.74, 6) is 0.625. The van der Waals surface area contributed by atoms with E-state index in [2.05, 4.69) is 4.90 Å². The molecule has 0 amide bonds. The highest BCUT2D eigenvalue weighted by atomic mass is 16.5. The van der Waals surface area contributed by atoms with Gasteiger partial charge in [0, 0.05) is 25.3 Å². The number of amidine groups is 1. The van der Waals surface area contributed by atoms with Crippen molar-refractivity contribution in [2.24, 2.45) is 0 Å². The lowest BCUT2D eigenvalue weighted by Gasteiger charge is -2.24. The summed E-state index contributed by atoms with van der Waals surface area (Å²) >= 11 is 0. The van der Waals surface area contributed by atoms with Gasteiger partial charge in [0.05, 0.1) is 6.61 Å². The topological polar surface area (TPSA) is 36.3 Å². The van der Waals surface area contributed by atoms with Gasteiger partial charge in [0.1, 0.15) is 5.84 Å². The third-order valence-corrected chi connectivity index (χ3v) is 2.86. The van der Waals surface area contributed by atoms with Gasteiger partial charge in [0.15, 0.2) is 0 Å². The predicted octanol–water partition coefficient (Wildman–Crippen LogP) is 2.12. The van der Waals surface area contributed by atoms with Crippen LogP contribution in [0.1, 0.15) is 18.4 Å². The van der Waals surface area contributed by atoms with Crippen LogP contribution in [-0.2, 0) is 4.74 Å². The first-order valence-corrected chi connectivity index (χ1v) is 5.72. The van der Waals surface area contributed by atoms with Gasteiger partial charge in [-0.2, -0.15) is 0 Å². The molecule has 3 nitrogen and oxygen atoms in total. The fourth-order valence-corrected chi connectivity index (χ4v) is 1.81. The standard InChI is InChI=1S/C13H18N2O/c1-16-10-9-15(12-7-8-12)13(14)11-5-3-2-4-6-11/h2-6,12,14H,7-10H2,1H3. The molecule has 0 aromatic heterocycles. The van der Waals surface area contributed by atoms with Crippen LogP contribution in [0.2, 0.25) is 0 Å². The van der Waals surface area contributed by atoms with E-state index in [0.29, 0.717) is 18.5 Å². The highest BCUT2D eigenvalue weighted by Gasteiger charge is 2.30. The molecule has 1 aromatic carbocycles. The smallest absolute Gasteiger partial charge is 0.128 e. The van der Waals surface area contributed by atoms with Gasteiger partial charge in [-0.15, -0.1) is 0 Å². The number of nitrogens with one attached hydrogen (secondary N) is 1. The molecule has 1 aliphatic carbocycles. The number of rotatable bonds is 5. The van der Waals surface area contributed by atoms with Gasteiger partial charge in [-0.05, 0) is 12.8 Å². The zero-order chi connectivity index (χ0) is 11.4. The number of benzene rings is 1. The maximum Gasteiger partial charge on any atom is 0.128 e. The van der Waals surface area contributed by atoms with Crippen LogP contribution in [0.5, 0.6) is 0 Å². The van der Waals surface area contributed by atoms with Gasteiger partial charge in [0.25, 0.3) is 0 Å². The summed E-state index contributed by atoms with van der Waals surface area (Å²) in [6.07, 6.45) is 2.41. The van der Waals surface area contributed by atoms with Crippen LogP contribution in [-0.4, -0.2) is 37.0 Å². The summed E-state index contributed by atoms with van der Waals surface area (Å²) in [6.45, 7) is 1.50. The first-order chi connectivity index (χ1) is 7.83. The minimum Gasteiger partial charge on any atom is -0.383 e. The SMILES string of the molecule is COCCN(C(=N)c1ccccc1)C1CC1. The summed E-state index contributed by atoms with van der Waals surface area (Å²) in [5.41, 5.74) is 0.991. The first-order valence-electron chi connectivity index (χ1n) is 5.72. The van der Waals surface area contributed by atoms with Crippen molar-refractivity contribution in [1.29, 1.82) is 5.41 Å². The zero-order valence-electron chi connectivity index (χ0n) is 9.65. The number of nitrogens with zero attached hydrogens (tertiary/aromatic N) is 1. The van der Waals surface area contributed by atoms with Crippen LogP contribution in [0.4, 0.5) is 0 Å². The van der Waals surface area contributed by atoms with Gasteiger partial charge >= 0.3 is 0 Å². The Labute approximate surface area is 96.5 Å². The van der Waals surface area contributed by atoms with Crippen molar-refractivity contribution in [2.45, 2.75) is 18.9 Å². The van der Waals surface area contributed by atoms with Crippen molar-refractivity contribution in [3.8, 4) is 0 Å². The normalized spacial score (nSPS) is 14.8. The number of methoxy groups -OCH3 is 1. The van der Waals surface area contributed by atoms with Crippen LogP contribution >= 0.6 is 0 Å². The molecule has 1 fully saturated rings. The van der Waals surface area contributed by atoms with Crippen molar-refractivity contribution in [2.75, 3.05) is 20.3 Å². The molecule has 0 bridgehead atoms. The average molecular weight is 218 g/mol. The second kappa shape index (κ2) is 5.12. The molecule has 0 spiro atoms. The van der Waals surface area contributed by atoms with Crippen LogP contribution in [0.3, 0.4) is 0 Å². The van der Waals surface area contributed by atoms with Gasteiger partial charge in [-0.1, -0.05) is 30.3 Å². The lowest BCUT2D eigenvalue weighted by molar-refractivity contribution is 0.174. The first kappa shape index (κ1) is 11.1. The fraction of sp³-hybridized carbons (Fsp3) is 0.462. The van der Waals surface area contributed by atoms with Crippen molar-refractivity contribution >= 4 is 5.84 Å². The lowest BCUT2D eigenvalue weighted by atomic mass is 10.2. The van der Waals surface area contributed by atoms with Gasteiger partial charge in [-0.25, -0.2) is 0 Å². The molecule has 0 saturated heterocycles. The quantitative estimate of drug-likeness (QED) is 0.607. The maximum atomic E-state index is 8.21. The van der Waals surface area contributed by atoms with E-state index < -0.39 is 0 Å². The molecule has 0 atom stereocenters. The summed E-state index contributed by atoms with van der Waals surface area (Å²) in [5, 5.41) is 8.21. The van der Waals surface area contributed by atoms with Crippen LogP contribution in [0.15, 0.2) is 30.3 Å². The largest absolute Gasteiger partial charge is 0.383 e. The Morgan fingerprint density at radius 2 is 2.06 bits per heavy atom. The van der Waals surface area contributed by atoms with Crippen molar-refractivity contribution in [3.63, 3.8) is 0 Å². The van der Waals surface area contributed by atoms with E-state index in [4.69, 9.17) is 10.1 Å². The minimum absolute atomic E-state index is 0.558. The van der Waals surface area contributed by atoms with E-state index in [9.17, 15) is 0 Å². The molecule has 1 saturated carbocycles. The van der Waals surface area contributed by atoms with Gasteiger partial charge in [0.2, 0.25) is 0 Å². The summed E-state index contributed by atoms with van der Waals surface area (Å²) in [6, 6.07) is 10.5. The molecule has 2 rings (SSSR count). The number of hydrogen-bond acceptors (Lipinski definition) is 2. The van der Waals surface area contributed by atoms with E-state index in [1.54, 1.807) is 7.11 Å². The Balaban J connectivity index is 2.05. The van der Waals surface area contributed by atoms with Crippen LogP contribution in [0.25, 0.3) is 0 Å². The Hall–Kier alpha value is -1.35. The predicted molar refractivity (Wildman–Crippen MR) is 64.9 cm³/mol. The monoisotopic (exact) mass is 218 g/mol. The van der Waals surface area contributed by atoms with Crippen LogP contribution < -0.4 is 0 Å². The molecule has 1 N–H and O–H groups in total. The molecule has 1 aromatic rings. The molecule has 16 heavy (non-hydrogen) atoms.